The number of carbonyl (C=O) groups is 1. The van der Waals surface area contributed by atoms with Crippen molar-refractivity contribution in [1.29, 1.82) is 0 Å². The fraction of sp³-hybridized carbons (Fsp3) is 0.304. The maximum Gasteiger partial charge on any atom is 0.573 e. The first-order valence-electron chi connectivity index (χ1n) is 10.4. The molecule has 11 heteroatoms. The first-order valence-corrected chi connectivity index (χ1v) is 12.0. The molecular weight excluding hydrogens is 473 g/mol. The van der Waals surface area contributed by atoms with Crippen molar-refractivity contribution in [3.63, 3.8) is 0 Å². The molecule has 0 atom stereocenters. The lowest BCUT2D eigenvalue weighted by molar-refractivity contribution is -0.274. The first kappa shape index (κ1) is 23.8. The van der Waals surface area contributed by atoms with Crippen LogP contribution in [0.4, 0.5) is 13.2 Å². The Morgan fingerprint density at radius 3 is 2.44 bits per heavy atom. The molecule has 1 aromatic heterocycles. The van der Waals surface area contributed by atoms with Gasteiger partial charge in [-0.1, -0.05) is 12.1 Å². The molecule has 1 amide bonds. The number of halogens is 3. The number of sulfone groups is 1. The number of amides is 1. The normalized spacial score (nSPS) is 15.4. The molecule has 0 unspecified atom stereocenters. The van der Waals surface area contributed by atoms with Gasteiger partial charge in [0, 0.05) is 18.5 Å². The van der Waals surface area contributed by atoms with Gasteiger partial charge < -0.3 is 14.4 Å². The van der Waals surface area contributed by atoms with Crippen LogP contribution in [0.5, 0.6) is 11.5 Å². The van der Waals surface area contributed by atoms with Crippen molar-refractivity contribution in [3.05, 3.63) is 60.3 Å². The van der Waals surface area contributed by atoms with E-state index in [4.69, 9.17) is 4.74 Å². The van der Waals surface area contributed by atoms with E-state index in [2.05, 4.69) is 9.72 Å². The molecule has 1 fully saturated rings. The van der Waals surface area contributed by atoms with Crippen molar-refractivity contribution >= 4 is 26.6 Å². The number of carbonyl (C=O) groups excluding carboxylic acids is 1. The standard InChI is InChI=1S/C23H21F3N2O5S/c1-32-16-6-8-20-15(13-16)5-7-21(27-20)22(29)28-11-9-18(10-12-28)34(30,31)19-4-2-3-17(14-19)33-23(24,25)26/h2-8,13-14,18H,9-12H2,1H3. The van der Waals surface area contributed by atoms with Gasteiger partial charge in [0.2, 0.25) is 0 Å². The van der Waals surface area contributed by atoms with Crippen LogP contribution in [0.15, 0.2) is 59.5 Å². The number of aromatic nitrogens is 1. The smallest absolute Gasteiger partial charge is 0.497 e. The summed E-state index contributed by atoms with van der Waals surface area (Å²) in [6.07, 6.45) is -4.61. The van der Waals surface area contributed by atoms with Gasteiger partial charge >= 0.3 is 6.36 Å². The number of pyridine rings is 1. The highest BCUT2D eigenvalue weighted by molar-refractivity contribution is 7.92. The maximum atomic E-state index is 13.0. The summed E-state index contributed by atoms with van der Waals surface area (Å²) >= 11 is 0. The Morgan fingerprint density at radius 2 is 1.76 bits per heavy atom. The highest BCUT2D eigenvalue weighted by Gasteiger charge is 2.35. The van der Waals surface area contributed by atoms with Crippen LogP contribution in [0.3, 0.4) is 0 Å². The average Bonchev–Trinajstić information content (AvgIpc) is 2.82. The van der Waals surface area contributed by atoms with Gasteiger partial charge in [0.1, 0.15) is 17.2 Å². The predicted molar refractivity (Wildman–Crippen MR) is 118 cm³/mol. The number of rotatable bonds is 5. The van der Waals surface area contributed by atoms with Gasteiger partial charge in [-0.05, 0) is 55.3 Å². The Morgan fingerprint density at radius 1 is 1.03 bits per heavy atom. The molecule has 0 saturated carbocycles. The fourth-order valence-electron chi connectivity index (χ4n) is 3.92. The summed E-state index contributed by atoms with van der Waals surface area (Å²) in [5.41, 5.74) is 0.876. The number of ether oxygens (including phenoxy) is 2. The van der Waals surface area contributed by atoms with Crippen molar-refractivity contribution in [2.45, 2.75) is 29.3 Å². The van der Waals surface area contributed by atoms with Crippen LogP contribution < -0.4 is 9.47 Å². The number of fused-ring (bicyclic) bond motifs is 1. The highest BCUT2D eigenvalue weighted by atomic mass is 32.2. The molecule has 2 aromatic carbocycles. The molecule has 180 valence electrons. The fourth-order valence-corrected chi connectivity index (χ4v) is 5.69. The van der Waals surface area contributed by atoms with Crippen LogP contribution >= 0.6 is 0 Å². The number of piperidine rings is 1. The molecule has 3 aromatic rings. The third-order valence-electron chi connectivity index (χ3n) is 5.65. The third-order valence-corrected chi connectivity index (χ3v) is 7.91. The molecule has 34 heavy (non-hydrogen) atoms. The zero-order valence-corrected chi connectivity index (χ0v) is 18.9. The predicted octanol–water partition coefficient (Wildman–Crippen LogP) is 4.22. The largest absolute Gasteiger partial charge is 0.573 e. The zero-order valence-electron chi connectivity index (χ0n) is 18.1. The Labute approximate surface area is 194 Å². The molecule has 4 rings (SSSR count). The van der Waals surface area contributed by atoms with E-state index in [0.29, 0.717) is 11.3 Å². The van der Waals surface area contributed by atoms with E-state index >= 15 is 0 Å². The van der Waals surface area contributed by atoms with Crippen LogP contribution in [0.1, 0.15) is 23.3 Å². The van der Waals surface area contributed by atoms with Gasteiger partial charge in [-0.25, -0.2) is 13.4 Å². The summed E-state index contributed by atoms with van der Waals surface area (Å²) in [4.78, 5) is 18.6. The van der Waals surface area contributed by atoms with Crippen LogP contribution in [0.2, 0.25) is 0 Å². The molecule has 7 nitrogen and oxygen atoms in total. The number of hydrogen-bond donors (Lipinski definition) is 0. The minimum absolute atomic E-state index is 0.156. The van der Waals surface area contributed by atoms with Gasteiger partial charge in [0.15, 0.2) is 9.84 Å². The number of hydrogen-bond acceptors (Lipinski definition) is 6. The molecule has 1 aliphatic heterocycles. The van der Waals surface area contributed by atoms with Crippen molar-refractivity contribution in [2.75, 3.05) is 20.2 Å². The molecule has 0 radical (unpaired) electrons. The lowest BCUT2D eigenvalue weighted by Gasteiger charge is -2.31. The lowest BCUT2D eigenvalue weighted by Crippen LogP contribution is -2.42. The Bertz CT molecular complexity index is 1320. The summed E-state index contributed by atoms with van der Waals surface area (Å²) in [6.45, 7) is 0.369. The first-order chi connectivity index (χ1) is 16.1. The van der Waals surface area contributed by atoms with E-state index < -0.39 is 27.2 Å². The number of methoxy groups -OCH3 is 1. The zero-order chi connectivity index (χ0) is 24.5. The van der Waals surface area contributed by atoms with Crippen molar-refractivity contribution in [1.82, 2.24) is 9.88 Å². The van der Waals surface area contributed by atoms with Gasteiger partial charge in [-0.15, -0.1) is 13.2 Å². The van der Waals surface area contributed by atoms with Gasteiger partial charge in [-0.2, -0.15) is 0 Å². The number of nitrogens with zero attached hydrogens (tertiary/aromatic N) is 2. The van der Waals surface area contributed by atoms with E-state index in [-0.39, 0.29) is 42.4 Å². The van der Waals surface area contributed by atoms with E-state index in [0.717, 1.165) is 17.5 Å². The quantitative estimate of drug-likeness (QED) is 0.528. The van der Waals surface area contributed by atoms with Gasteiger partial charge in [0.05, 0.1) is 22.8 Å². The highest BCUT2D eigenvalue weighted by Crippen LogP contribution is 2.30. The van der Waals surface area contributed by atoms with E-state index in [1.165, 1.54) is 17.0 Å². The summed E-state index contributed by atoms with van der Waals surface area (Å²) in [6, 6.07) is 13.0. The topological polar surface area (TPSA) is 85.8 Å². The SMILES string of the molecule is COc1ccc2nc(C(=O)N3CCC(S(=O)(=O)c4cccc(OC(F)(F)F)c4)CC3)ccc2c1. The molecular formula is C23H21F3N2O5S. The summed E-state index contributed by atoms with van der Waals surface area (Å²) in [5, 5.41) is -0.00727. The van der Waals surface area contributed by atoms with E-state index in [9.17, 15) is 26.4 Å². The number of alkyl halides is 3. The molecule has 0 N–H and O–H groups in total. The summed E-state index contributed by atoms with van der Waals surface area (Å²) in [7, 11) is -2.34. The summed E-state index contributed by atoms with van der Waals surface area (Å²) < 4.78 is 72.4. The second-order valence-electron chi connectivity index (χ2n) is 7.81. The van der Waals surface area contributed by atoms with Crippen molar-refractivity contribution in [3.8, 4) is 11.5 Å². The Balaban J connectivity index is 1.45. The Hall–Kier alpha value is -3.34. The molecule has 0 spiro atoms. The lowest BCUT2D eigenvalue weighted by atomic mass is 10.1. The Kier molecular flexibility index (Phi) is 6.39. The molecule has 0 bridgehead atoms. The third kappa shape index (κ3) is 5.09. The van der Waals surface area contributed by atoms with Crippen LogP contribution in [0, 0.1) is 0 Å². The number of benzene rings is 2. The van der Waals surface area contributed by atoms with E-state index in [1.54, 1.807) is 31.4 Å². The van der Waals surface area contributed by atoms with Crippen molar-refractivity contribution < 1.29 is 35.9 Å². The number of likely N-dealkylation sites (tertiary alicyclic amines) is 1. The van der Waals surface area contributed by atoms with E-state index in [1.807, 2.05) is 6.07 Å². The second kappa shape index (κ2) is 9.13. The summed E-state index contributed by atoms with van der Waals surface area (Å²) in [5.74, 6) is -0.234. The van der Waals surface area contributed by atoms with Crippen LogP contribution in [0.25, 0.3) is 10.9 Å². The monoisotopic (exact) mass is 494 g/mol. The molecule has 2 heterocycles. The van der Waals surface area contributed by atoms with Crippen LogP contribution in [-0.4, -0.2) is 56.0 Å². The molecule has 1 aliphatic rings. The molecule has 1 saturated heterocycles. The second-order valence-corrected chi connectivity index (χ2v) is 10.0. The maximum absolute atomic E-state index is 13.0. The van der Waals surface area contributed by atoms with Crippen molar-refractivity contribution in [2.24, 2.45) is 0 Å². The van der Waals surface area contributed by atoms with Gasteiger partial charge in [-0.3, -0.25) is 4.79 Å². The average molecular weight is 494 g/mol. The van der Waals surface area contributed by atoms with Gasteiger partial charge in [0.25, 0.3) is 5.91 Å². The molecule has 0 aliphatic carbocycles. The van der Waals surface area contributed by atoms with Crippen LogP contribution in [-0.2, 0) is 9.84 Å². The minimum Gasteiger partial charge on any atom is -0.497 e. The minimum atomic E-state index is -4.92.